The van der Waals surface area contributed by atoms with Crippen molar-refractivity contribution in [1.82, 2.24) is 20.2 Å². The van der Waals surface area contributed by atoms with E-state index in [4.69, 9.17) is 0 Å². The van der Waals surface area contributed by atoms with Crippen molar-refractivity contribution in [1.29, 1.82) is 0 Å². The van der Waals surface area contributed by atoms with Crippen LogP contribution in [0.5, 0.6) is 0 Å². The Hall–Kier alpha value is -2.84. The number of β-amino-alcohol motifs (C(OH)–C–C–N with tert-alkyl or cyclic N) is 1. The molecule has 1 amide bonds. The van der Waals surface area contributed by atoms with Gasteiger partial charge in [-0.1, -0.05) is 24.3 Å². The molecule has 8 nitrogen and oxygen atoms in total. The highest BCUT2D eigenvalue weighted by Gasteiger charge is 2.23. The Morgan fingerprint density at radius 2 is 1.97 bits per heavy atom. The van der Waals surface area contributed by atoms with Crippen LogP contribution < -0.4 is 10.6 Å². The van der Waals surface area contributed by atoms with E-state index in [1.165, 1.54) is 17.5 Å². The number of benzene rings is 1. The first-order valence-corrected chi connectivity index (χ1v) is 12.3. The number of aliphatic hydroxyl groups excluding tert-OH is 1. The number of hydrogen-bond acceptors (Lipinski definition) is 6. The van der Waals surface area contributed by atoms with Crippen LogP contribution in [-0.2, 0) is 13.0 Å². The second-order valence-corrected chi connectivity index (χ2v) is 9.77. The molecule has 2 aromatic rings. The monoisotopic (exact) mass is 465 g/mol. The summed E-state index contributed by atoms with van der Waals surface area (Å²) in [5.74, 6) is 1.01. The molecular weight excluding hydrogens is 428 g/mol. The van der Waals surface area contributed by atoms with Gasteiger partial charge in [0.15, 0.2) is 0 Å². The lowest BCUT2D eigenvalue weighted by Crippen LogP contribution is -2.42. The quantitative estimate of drug-likeness (QED) is 0.408. The molecule has 4 rings (SSSR count). The maximum Gasteiger partial charge on any atom is 0.270 e. The predicted octanol–water partition coefficient (Wildman–Crippen LogP) is 1.94. The lowest BCUT2D eigenvalue weighted by molar-refractivity contribution is -0.462. The molecule has 0 bridgehead atoms. The van der Waals surface area contributed by atoms with Crippen molar-refractivity contribution >= 4 is 17.9 Å². The van der Waals surface area contributed by atoms with Gasteiger partial charge >= 0.3 is 0 Å². The number of nitrogens with zero attached hydrogens (tertiary/aromatic N) is 4. The molecule has 1 atom stereocenters. The standard InChI is InChI=1S/C26H36N6O2/c1-31(2)15-19-7-9-22(10-8-19)30-25-13-24(28-18-29-25)26(34)27-14-23(33)17-32-12-11-20-5-3-4-6-21(20)16-32/h3-6,13,15,18-19,22-23,33H,7-12,14,16-17H2,1-2H3,(H-,27,28,29,30,34)/p+1/t19?,22?,23-/m0/s1. The fraction of sp³-hybridized carbons (Fsp3) is 0.538. The molecule has 2 aliphatic rings. The molecule has 1 aliphatic heterocycles. The highest BCUT2D eigenvalue weighted by Crippen LogP contribution is 2.25. The van der Waals surface area contributed by atoms with Crippen molar-refractivity contribution in [3.05, 3.63) is 53.5 Å². The number of carbonyl (C=O) groups excluding carboxylic acids is 1. The van der Waals surface area contributed by atoms with Crippen molar-refractivity contribution in [3.8, 4) is 0 Å². The van der Waals surface area contributed by atoms with Crippen LogP contribution >= 0.6 is 0 Å². The summed E-state index contributed by atoms with van der Waals surface area (Å²) < 4.78 is 2.14. The van der Waals surface area contributed by atoms with E-state index in [1.807, 2.05) is 0 Å². The van der Waals surface area contributed by atoms with E-state index in [9.17, 15) is 9.90 Å². The topological polar surface area (TPSA) is 93.4 Å². The second-order valence-electron chi connectivity index (χ2n) is 9.77. The summed E-state index contributed by atoms with van der Waals surface area (Å²) in [5, 5.41) is 16.8. The van der Waals surface area contributed by atoms with Gasteiger partial charge in [-0.15, -0.1) is 0 Å². The maximum absolute atomic E-state index is 12.6. The summed E-state index contributed by atoms with van der Waals surface area (Å²) in [5.41, 5.74) is 3.01. The molecule has 0 saturated heterocycles. The van der Waals surface area contributed by atoms with Crippen molar-refractivity contribution in [2.24, 2.45) is 5.92 Å². The van der Waals surface area contributed by atoms with Crippen molar-refractivity contribution in [2.45, 2.75) is 50.8 Å². The average Bonchev–Trinajstić information content (AvgIpc) is 2.83. The summed E-state index contributed by atoms with van der Waals surface area (Å²) >= 11 is 0. The zero-order chi connectivity index (χ0) is 23.9. The molecule has 3 N–H and O–H groups in total. The number of aliphatic hydroxyl groups is 1. The summed E-state index contributed by atoms with van der Waals surface area (Å²) in [6.07, 6.45) is 8.52. The Morgan fingerprint density at radius 3 is 2.74 bits per heavy atom. The van der Waals surface area contributed by atoms with E-state index in [1.54, 1.807) is 6.07 Å². The van der Waals surface area contributed by atoms with Crippen LogP contribution in [-0.4, -0.2) is 82.5 Å². The lowest BCUT2D eigenvalue weighted by atomic mass is 9.86. The van der Waals surface area contributed by atoms with Crippen LogP contribution in [0.15, 0.2) is 36.7 Å². The summed E-state index contributed by atoms with van der Waals surface area (Å²) in [7, 11) is 4.15. The number of nitrogens with one attached hydrogen (secondary N) is 2. The zero-order valence-corrected chi connectivity index (χ0v) is 20.3. The third kappa shape index (κ3) is 6.84. The fourth-order valence-electron chi connectivity index (χ4n) is 4.98. The van der Waals surface area contributed by atoms with Crippen molar-refractivity contribution in [2.75, 3.05) is 39.0 Å². The third-order valence-corrected chi connectivity index (χ3v) is 6.71. The first kappa shape index (κ1) is 24.3. The van der Waals surface area contributed by atoms with Crippen LogP contribution in [0.2, 0.25) is 0 Å². The molecule has 1 saturated carbocycles. The molecule has 8 heteroatoms. The van der Waals surface area contributed by atoms with E-state index < -0.39 is 6.10 Å². The smallest absolute Gasteiger partial charge is 0.270 e. The second kappa shape index (κ2) is 11.5. The molecule has 182 valence electrons. The average molecular weight is 466 g/mol. The molecule has 0 radical (unpaired) electrons. The normalized spacial score (nSPS) is 21.3. The Kier molecular flexibility index (Phi) is 8.24. The fourth-order valence-corrected chi connectivity index (χ4v) is 4.98. The number of hydrogen-bond donors (Lipinski definition) is 3. The molecular formula is C26H37N6O2+. The molecule has 1 aromatic carbocycles. The van der Waals surface area contributed by atoms with Gasteiger partial charge in [-0.3, -0.25) is 9.69 Å². The van der Waals surface area contributed by atoms with E-state index in [2.05, 4.69) is 74.7 Å². The highest BCUT2D eigenvalue weighted by molar-refractivity contribution is 5.92. The highest BCUT2D eigenvalue weighted by atomic mass is 16.3. The SMILES string of the molecule is C[N+](C)=CC1CCC(Nc2cc(C(=O)NC[C@H](O)CN3CCc4ccccc4C3)ncn2)CC1. The molecule has 34 heavy (non-hydrogen) atoms. The van der Waals surface area contributed by atoms with Crippen molar-refractivity contribution in [3.63, 3.8) is 0 Å². The van der Waals surface area contributed by atoms with E-state index >= 15 is 0 Å². The minimum Gasteiger partial charge on any atom is -0.390 e. The molecule has 0 unspecified atom stereocenters. The van der Waals surface area contributed by atoms with Crippen LogP contribution in [0.1, 0.15) is 47.3 Å². The number of anilines is 1. The van der Waals surface area contributed by atoms with Gasteiger partial charge in [-0.2, -0.15) is 0 Å². The molecule has 1 aromatic heterocycles. The largest absolute Gasteiger partial charge is 0.390 e. The predicted molar refractivity (Wildman–Crippen MR) is 133 cm³/mol. The zero-order valence-electron chi connectivity index (χ0n) is 20.3. The lowest BCUT2D eigenvalue weighted by Gasteiger charge is -2.30. The molecule has 1 fully saturated rings. The number of rotatable bonds is 8. The van der Waals surface area contributed by atoms with Gasteiger partial charge in [0, 0.05) is 44.2 Å². The third-order valence-electron chi connectivity index (χ3n) is 6.71. The van der Waals surface area contributed by atoms with Gasteiger partial charge in [0.1, 0.15) is 38.1 Å². The van der Waals surface area contributed by atoms with Crippen LogP contribution in [0, 0.1) is 5.92 Å². The van der Waals surface area contributed by atoms with Gasteiger partial charge in [-0.05, 0) is 43.2 Å². The molecule has 0 spiro atoms. The molecule has 2 heterocycles. The van der Waals surface area contributed by atoms with Gasteiger partial charge in [0.25, 0.3) is 5.91 Å². The van der Waals surface area contributed by atoms with Crippen LogP contribution in [0.4, 0.5) is 5.82 Å². The van der Waals surface area contributed by atoms with Crippen molar-refractivity contribution < 1.29 is 14.5 Å². The van der Waals surface area contributed by atoms with Crippen LogP contribution in [0.3, 0.4) is 0 Å². The Labute approximate surface area is 202 Å². The van der Waals surface area contributed by atoms with Gasteiger partial charge < -0.3 is 15.7 Å². The summed E-state index contributed by atoms with van der Waals surface area (Å²) in [4.78, 5) is 23.3. The van der Waals surface area contributed by atoms with Gasteiger partial charge in [0.05, 0.1) is 6.10 Å². The Morgan fingerprint density at radius 1 is 1.21 bits per heavy atom. The summed E-state index contributed by atoms with van der Waals surface area (Å²) in [6.45, 7) is 2.46. The number of aromatic nitrogens is 2. The van der Waals surface area contributed by atoms with E-state index in [0.717, 1.165) is 45.2 Å². The maximum atomic E-state index is 12.6. The Bertz CT molecular complexity index is 998. The molecule has 1 aliphatic carbocycles. The first-order chi connectivity index (χ1) is 16.5. The van der Waals surface area contributed by atoms with E-state index in [-0.39, 0.29) is 12.5 Å². The van der Waals surface area contributed by atoms with Crippen LogP contribution in [0.25, 0.3) is 0 Å². The van der Waals surface area contributed by atoms with Gasteiger partial charge in [0.2, 0.25) is 0 Å². The minimum atomic E-state index is -0.636. The van der Waals surface area contributed by atoms with E-state index in [0.29, 0.717) is 30.0 Å². The number of carbonyl (C=O) groups is 1. The number of fused-ring (bicyclic) bond motifs is 1. The first-order valence-electron chi connectivity index (χ1n) is 12.3. The number of amides is 1. The summed E-state index contributed by atoms with van der Waals surface area (Å²) in [6, 6.07) is 10.5. The van der Waals surface area contributed by atoms with Gasteiger partial charge in [-0.25, -0.2) is 14.5 Å². The minimum absolute atomic E-state index is 0.191. The Balaban J connectivity index is 1.22.